The van der Waals surface area contributed by atoms with E-state index in [2.05, 4.69) is 15.3 Å². The summed E-state index contributed by atoms with van der Waals surface area (Å²) in [4.78, 5) is 13.9. The first-order chi connectivity index (χ1) is 12.6. The third kappa shape index (κ3) is 2.67. The van der Waals surface area contributed by atoms with Gasteiger partial charge in [-0.3, -0.25) is 9.48 Å². The molecule has 1 amide bonds. The maximum atomic E-state index is 14.0. The van der Waals surface area contributed by atoms with E-state index in [0.717, 1.165) is 17.7 Å². The Morgan fingerprint density at radius 3 is 2.81 bits per heavy atom. The van der Waals surface area contributed by atoms with Crippen LogP contribution in [0.5, 0.6) is 0 Å². The van der Waals surface area contributed by atoms with Crippen LogP contribution in [-0.2, 0) is 24.8 Å². The Labute approximate surface area is 149 Å². The second kappa shape index (κ2) is 6.36. The average Bonchev–Trinajstić information content (AvgIpc) is 3.26. The normalized spacial score (nSPS) is 13.7. The third-order valence-corrected chi connectivity index (χ3v) is 4.63. The highest BCUT2D eigenvalue weighted by Crippen LogP contribution is 2.31. The standard InChI is InChI=1S/C18H18FN5O2/c1-3-15(25)24-9-8-14-12(10-24)16(22-23(14)2)18-21-20-17(26-18)11-6-4-5-7-13(11)19/h4-7H,3,8-10H2,1-2H3. The summed E-state index contributed by atoms with van der Waals surface area (Å²) in [7, 11) is 1.85. The molecule has 3 aromatic rings. The number of carbonyl (C=O) groups excluding carboxylic acids is 1. The molecule has 134 valence electrons. The fraction of sp³-hybridized carbons (Fsp3) is 0.333. The molecule has 2 aromatic heterocycles. The first-order valence-electron chi connectivity index (χ1n) is 8.49. The van der Waals surface area contributed by atoms with Crippen LogP contribution in [0.1, 0.15) is 24.6 Å². The van der Waals surface area contributed by atoms with Crippen LogP contribution in [0.15, 0.2) is 28.7 Å². The zero-order valence-corrected chi connectivity index (χ0v) is 14.6. The van der Waals surface area contributed by atoms with Crippen molar-refractivity contribution in [2.45, 2.75) is 26.3 Å². The van der Waals surface area contributed by atoms with Crippen molar-refractivity contribution in [3.63, 3.8) is 0 Å². The number of hydrogen-bond acceptors (Lipinski definition) is 5. The maximum Gasteiger partial charge on any atom is 0.268 e. The minimum atomic E-state index is -0.425. The Bertz CT molecular complexity index is 978. The van der Waals surface area contributed by atoms with E-state index < -0.39 is 5.82 Å². The quantitative estimate of drug-likeness (QED) is 0.722. The lowest BCUT2D eigenvalue weighted by Crippen LogP contribution is -2.35. The molecule has 0 spiro atoms. The summed E-state index contributed by atoms with van der Waals surface area (Å²) in [6.45, 7) is 2.98. The van der Waals surface area contributed by atoms with Crippen LogP contribution < -0.4 is 0 Å². The number of aryl methyl sites for hydroxylation is 1. The zero-order chi connectivity index (χ0) is 18.3. The minimum absolute atomic E-state index is 0.100. The van der Waals surface area contributed by atoms with Crippen molar-refractivity contribution in [3.05, 3.63) is 41.3 Å². The molecule has 0 saturated heterocycles. The molecule has 1 aliphatic heterocycles. The van der Waals surface area contributed by atoms with Gasteiger partial charge in [-0.25, -0.2) is 4.39 Å². The van der Waals surface area contributed by atoms with Gasteiger partial charge in [0, 0.05) is 44.2 Å². The van der Waals surface area contributed by atoms with Crippen molar-refractivity contribution in [2.75, 3.05) is 6.54 Å². The molecule has 3 heterocycles. The molecule has 7 nitrogen and oxygen atoms in total. The SMILES string of the molecule is CCC(=O)N1CCc2c(c(-c3nnc(-c4ccccc4F)o3)nn2C)C1. The van der Waals surface area contributed by atoms with Crippen LogP contribution >= 0.6 is 0 Å². The first kappa shape index (κ1) is 16.4. The highest BCUT2D eigenvalue weighted by molar-refractivity contribution is 5.76. The van der Waals surface area contributed by atoms with E-state index >= 15 is 0 Å². The number of benzene rings is 1. The van der Waals surface area contributed by atoms with Crippen molar-refractivity contribution < 1.29 is 13.6 Å². The lowest BCUT2D eigenvalue weighted by atomic mass is 10.0. The van der Waals surface area contributed by atoms with Gasteiger partial charge in [0.1, 0.15) is 5.82 Å². The molecule has 0 saturated carbocycles. The topological polar surface area (TPSA) is 77.1 Å². The molecule has 26 heavy (non-hydrogen) atoms. The predicted molar refractivity (Wildman–Crippen MR) is 91.3 cm³/mol. The van der Waals surface area contributed by atoms with Crippen molar-refractivity contribution in [2.24, 2.45) is 7.05 Å². The summed E-state index contributed by atoms with van der Waals surface area (Å²) >= 11 is 0. The fourth-order valence-corrected chi connectivity index (χ4v) is 3.26. The summed E-state index contributed by atoms with van der Waals surface area (Å²) < 4.78 is 21.4. The van der Waals surface area contributed by atoms with Crippen LogP contribution in [0.3, 0.4) is 0 Å². The molecular formula is C18H18FN5O2. The predicted octanol–water partition coefficient (Wildman–Crippen LogP) is 2.57. The van der Waals surface area contributed by atoms with E-state index in [1.165, 1.54) is 6.07 Å². The van der Waals surface area contributed by atoms with Gasteiger partial charge in [-0.15, -0.1) is 10.2 Å². The molecule has 8 heteroatoms. The van der Waals surface area contributed by atoms with Gasteiger partial charge in [-0.2, -0.15) is 5.10 Å². The Balaban J connectivity index is 1.72. The molecule has 1 aliphatic rings. The molecule has 0 radical (unpaired) electrons. The van der Waals surface area contributed by atoms with Crippen LogP contribution in [0.4, 0.5) is 4.39 Å². The van der Waals surface area contributed by atoms with Crippen LogP contribution in [0, 0.1) is 5.82 Å². The number of carbonyl (C=O) groups is 1. The highest BCUT2D eigenvalue weighted by atomic mass is 19.1. The summed E-state index contributed by atoms with van der Waals surface area (Å²) in [5, 5.41) is 12.5. The maximum absolute atomic E-state index is 14.0. The molecule has 0 aliphatic carbocycles. The van der Waals surface area contributed by atoms with Crippen LogP contribution in [-0.4, -0.2) is 37.3 Å². The lowest BCUT2D eigenvalue weighted by molar-refractivity contribution is -0.131. The molecule has 0 atom stereocenters. The number of amides is 1. The van der Waals surface area contributed by atoms with Gasteiger partial charge in [0.05, 0.1) is 5.56 Å². The van der Waals surface area contributed by atoms with Crippen LogP contribution in [0.2, 0.25) is 0 Å². The number of aromatic nitrogens is 4. The van der Waals surface area contributed by atoms with Crippen molar-refractivity contribution >= 4 is 5.91 Å². The number of nitrogens with zero attached hydrogens (tertiary/aromatic N) is 5. The van der Waals surface area contributed by atoms with E-state index in [-0.39, 0.29) is 23.3 Å². The molecule has 0 fully saturated rings. The number of fused-ring (bicyclic) bond motifs is 1. The Hall–Kier alpha value is -3.03. The van der Waals surface area contributed by atoms with Crippen molar-refractivity contribution in [1.82, 2.24) is 24.9 Å². The van der Waals surface area contributed by atoms with Crippen LogP contribution in [0.25, 0.3) is 23.0 Å². The molecular weight excluding hydrogens is 337 g/mol. The molecule has 0 N–H and O–H groups in total. The zero-order valence-electron chi connectivity index (χ0n) is 14.6. The van der Waals surface area contributed by atoms with E-state index in [9.17, 15) is 9.18 Å². The first-order valence-corrected chi connectivity index (χ1v) is 8.49. The second-order valence-corrected chi connectivity index (χ2v) is 6.21. The molecule has 0 bridgehead atoms. The van der Waals surface area contributed by atoms with Crippen molar-refractivity contribution in [1.29, 1.82) is 0 Å². The van der Waals surface area contributed by atoms with Gasteiger partial charge in [0.2, 0.25) is 5.91 Å². The third-order valence-electron chi connectivity index (χ3n) is 4.63. The van der Waals surface area contributed by atoms with E-state index in [1.807, 2.05) is 18.9 Å². The largest absolute Gasteiger partial charge is 0.414 e. The van der Waals surface area contributed by atoms with Gasteiger partial charge < -0.3 is 9.32 Å². The van der Waals surface area contributed by atoms with Gasteiger partial charge in [-0.1, -0.05) is 19.1 Å². The summed E-state index contributed by atoms with van der Waals surface area (Å²) in [5.41, 5.74) is 2.75. The van der Waals surface area contributed by atoms with E-state index in [4.69, 9.17) is 4.42 Å². The fourth-order valence-electron chi connectivity index (χ4n) is 3.26. The van der Waals surface area contributed by atoms with Crippen molar-refractivity contribution in [3.8, 4) is 23.0 Å². The molecule has 4 rings (SSSR count). The summed E-state index contributed by atoms with van der Waals surface area (Å²) in [6, 6.07) is 6.24. The lowest BCUT2D eigenvalue weighted by Gasteiger charge is -2.27. The highest BCUT2D eigenvalue weighted by Gasteiger charge is 2.29. The van der Waals surface area contributed by atoms with Gasteiger partial charge >= 0.3 is 0 Å². The monoisotopic (exact) mass is 355 g/mol. The number of rotatable bonds is 3. The summed E-state index contributed by atoms with van der Waals surface area (Å²) in [6.07, 6.45) is 1.18. The Kier molecular flexibility index (Phi) is 4.02. The van der Waals surface area contributed by atoms with Gasteiger partial charge in [0.15, 0.2) is 5.69 Å². The average molecular weight is 355 g/mol. The number of hydrogen-bond donors (Lipinski definition) is 0. The van der Waals surface area contributed by atoms with E-state index in [1.54, 1.807) is 22.9 Å². The molecule has 0 unspecified atom stereocenters. The molecule has 1 aromatic carbocycles. The second-order valence-electron chi connectivity index (χ2n) is 6.21. The Morgan fingerprint density at radius 2 is 2.04 bits per heavy atom. The van der Waals surface area contributed by atoms with Gasteiger partial charge in [0.25, 0.3) is 11.8 Å². The Morgan fingerprint density at radius 1 is 1.27 bits per heavy atom. The minimum Gasteiger partial charge on any atom is -0.414 e. The number of halogens is 1. The summed E-state index contributed by atoms with van der Waals surface area (Å²) in [5.74, 6) is 0.00852. The van der Waals surface area contributed by atoms with E-state index in [0.29, 0.717) is 25.2 Å². The smallest absolute Gasteiger partial charge is 0.268 e. The van der Waals surface area contributed by atoms with Gasteiger partial charge in [-0.05, 0) is 12.1 Å².